The first-order valence-corrected chi connectivity index (χ1v) is 2.98. The van der Waals surface area contributed by atoms with Crippen LogP contribution in [0.4, 0.5) is 0 Å². The Kier molecular flexibility index (Phi) is 14.7. The third-order valence-corrected chi connectivity index (χ3v) is 0.637. The second-order valence-corrected chi connectivity index (χ2v) is 1.79. The van der Waals surface area contributed by atoms with Gasteiger partial charge in [-0.05, 0) is 18.9 Å². The van der Waals surface area contributed by atoms with Gasteiger partial charge in [0.15, 0.2) is 0 Å². The van der Waals surface area contributed by atoms with Crippen molar-refractivity contribution in [1.82, 2.24) is 0 Å². The first-order valence-electron chi connectivity index (χ1n) is 2.98. The van der Waals surface area contributed by atoms with Crippen molar-refractivity contribution in [3.8, 4) is 0 Å². The van der Waals surface area contributed by atoms with E-state index in [1.807, 2.05) is 0 Å². The maximum absolute atomic E-state index is 9.49. The van der Waals surface area contributed by atoms with Crippen LogP contribution in [0.15, 0.2) is 12.2 Å². The fourth-order valence-electron chi connectivity index (χ4n) is 0. The number of aliphatic carboxylic acids is 2. The van der Waals surface area contributed by atoms with Gasteiger partial charge in [0.2, 0.25) is 0 Å². The van der Waals surface area contributed by atoms with E-state index in [0.717, 1.165) is 0 Å². The largest absolute Gasteiger partial charge is 1.00 e. The molecule has 5 heteroatoms. The van der Waals surface area contributed by atoms with Crippen LogP contribution >= 0.6 is 0 Å². The molecule has 0 heterocycles. The maximum atomic E-state index is 9.49. The number of carbonyl (C=O) groups excluding carboxylic acids is 2. The smallest absolute Gasteiger partial charge is 0.550 e. The minimum atomic E-state index is -1.19. The number of carboxylic acid groups (broad SMARTS) is 2. The number of carbonyl (C=O) groups is 2. The molecule has 0 aliphatic heterocycles. The van der Waals surface area contributed by atoms with Crippen molar-refractivity contribution in [2.24, 2.45) is 0 Å². The zero-order valence-electron chi connectivity index (χ0n) is 6.85. The standard InChI is InChI=1S/C4H6O2.C3H6O2.Cu/c1-3(2)4(5)6;1-2-3(4)5;/h1H2,2H3,(H,5,6);2H2,1H3,(H,4,5);/q;;+1/p-2. The molecule has 0 atom stereocenters. The molecular formula is C7H10CuO4-. The topological polar surface area (TPSA) is 80.3 Å². The molecule has 0 aliphatic carbocycles. The third-order valence-electron chi connectivity index (χ3n) is 0.637. The Balaban J connectivity index is -0.000000126. The van der Waals surface area contributed by atoms with Gasteiger partial charge in [0, 0.05) is 5.97 Å². The molecule has 0 saturated carbocycles. The molecular weight excluding hydrogens is 212 g/mol. The first-order chi connectivity index (χ1) is 4.91. The molecule has 0 aromatic carbocycles. The van der Waals surface area contributed by atoms with E-state index in [4.69, 9.17) is 0 Å². The van der Waals surface area contributed by atoms with E-state index < -0.39 is 11.9 Å². The van der Waals surface area contributed by atoms with Crippen molar-refractivity contribution >= 4 is 11.9 Å². The van der Waals surface area contributed by atoms with Crippen LogP contribution in [-0.4, -0.2) is 11.9 Å². The van der Waals surface area contributed by atoms with E-state index in [-0.39, 0.29) is 29.1 Å². The summed E-state index contributed by atoms with van der Waals surface area (Å²) in [5.74, 6) is -2.18. The zero-order chi connectivity index (χ0) is 9.44. The fraction of sp³-hybridized carbons (Fsp3) is 0.429. The van der Waals surface area contributed by atoms with Gasteiger partial charge in [0.25, 0.3) is 0 Å². The summed E-state index contributed by atoms with van der Waals surface area (Å²) in [7, 11) is 0. The van der Waals surface area contributed by atoms with Crippen molar-refractivity contribution in [3.05, 3.63) is 12.2 Å². The Hall–Kier alpha value is -0.801. The van der Waals surface area contributed by atoms with Crippen molar-refractivity contribution in [3.63, 3.8) is 0 Å². The summed E-state index contributed by atoms with van der Waals surface area (Å²) in [5.41, 5.74) is 0.0648. The number of hydrogen-bond acceptors (Lipinski definition) is 4. The molecule has 0 aliphatic rings. The van der Waals surface area contributed by atoms with Gasteiger partial charge in [0.1, 0.15) is 0 Å². The minimum Gasteiger partial charge on any atom is -0.550 e. The summed E-state index contributed by atoms with van der Waals surface area (Å²) >= 11 is 0. The Morgan fingerprint density at radius 2 is 1.50 bits per heavy atom. The van der Waals surface area contributed by atoms with Crippen LogP contribution in [0.25, 0.3) is 0 Å². The molecule has 0 spiro atoms. The van der Waals surface area contributed by atoms with Crippen molar-refractivity contribution < 1.29 is 36.9 Å². The molecule has 0 aromatic rings. The molecule has 0 N–H and O–H groups in total. The van der Waals surface area contributed by atoms with E-state index in [1.54, 1.807) is 0 Å². The normalized spacial score (nSPS) is 6.83. The molecule has 4 nitrogen and oxygen atoms in total. The van der Waals surface area contributed by atoms with Crippen LogP contribution in [-0.2, 0) is 26.7 Å². The summed E-state index contributed by atoms with van der Waals surface area (Å²) < 4.78 is 0. The van der Waals surface area contributed by atoms with Gasteiger partial charge >= 0.3 is 17.1 Å². The SMILES string of the molecule is C=C(C)C(=O)[O-].CCC(=O)[O-].[Cu+]. The van der Waals surface area contributed by atoms with Crippen LogP contribution in [0.1, 0.15) is 20.3 Å². The average Bonchev–Trinajstić information content (AvgIpc) is 1.89. The summed E-state index contributed by atoms with van der Waals surface area (Å²) in [4.78, 5) is 18.7. The van der Waals surface area contributed by atoms with Crippen LogP contribution in [0.3, 0.4) is 0 Å². The van der Waals surface area contributed by atoms with Crippen LogP contribution in [0.2, 0.25) is 0 Å². The number of rotatable bonds is 2. The Morgan fingerprint density at radius 1 is 1.33 bits per heavy atom. The van der Waals surface area contributed by atoms with Gasteiger partial charge in [-0.2, -0.15) is 0 Å². The summed E-state index contributed by atoms with van der Waals surface area (Å²) in [6, 6.07) is 0. The second-order valence-electron chi connectivity index (χ2n) is 1.79. The Labute approximate surface area is 81.8 Å². The first kappa shape index (κ1) is 17.3. The number of hydrogen-bond donors (Lipinski definition) is 0. The van der Waals surface area contributed by atoms with Gasteiger partial charge in [-0.3, -0.25) is 0 Å². The summed E-state index contributed by atoms with van der Waals surface area (Å²) in [6.07, 6.45) is 0.111. The summed E-state index contributed by atoms with van der Waals surface area (Å²) in [6.45, 7) is 6.01. The van der Waals surface area contributed by atoms with Crippen LogP contribution in [0, 0.1) is 0 Å². The van der Waals surface area contributed by atoms with Gasteiger partial charge in [0.05, 0.1) is 5.97 Å². The molecule has 12 heavy (non-hydrogen) atoms. The maximum Gasteiger partial charge on any atom is 1.00 e. The fourth-order valence-corrected chi connectivity index (χ4v) is 0. The molecule has 0 saturated heterocycles. The third kappa shape index (κ3) is 22.9. The predicted octanol–water partition coefficient (Wildman–Crippen LogP) is -1.54. The van der Waals surface area contributed by atoms with Crippen LogP contribution in [0.5, 0.6) is 0 Å². The van der Waals surface area contributed by atoms with Crippen molar-refractivity contribution in [1.29, 1.82) is 0 Å². The van der Waals surface area contributed by atoms with E-state index in [2.05, 4.69) is 6.58 Å². The van der Waals surface area contributed by atoms with Gasteiger partial charge in [-0.25, -0.2) is 0 Å². The molecule has 0 bridgehead atoms. The van der Waals surface area contributed by atoms with E-state index >= 15 is 0 Å². The molecule has 0 fully saturated rings. The van der Waals surface area contributed by atoms with Crippen molar-refractivity contribution in [2.75, 3.05) is 0 Å². The number of carboxylic acids is 2. The molecule has 0 unspecified atom stereocenters. The van der Waals surface area contributed by atoms with Gasteiger partial charge in [-0.15, -0.1) is 0 Å². The van der Waals surface area contributed by atoms with Crippen molar-refractivity contribution in [2.45, 2.75) is 20.3 Å². The Bertz CT molecular complexity index is 153. The van der Waals surface area contributed by atoms with E-state index in [0.29, 0.717) is 0 Å². The zero-order valence-corrected chi connectivity index (χ0v) is 7.79. The minimum absolute atomic E-state index is 0. The van der Waals surface area contributed by atoms with E-state index in [1.165, 1.54) is 13.8 Å². The summed E-state index contributed by atoms with van der Waals surface area (Å²) in [5, 5.41) is 18.7. The molecule has 0 rings (SSSR count). The van der Waals surface area contributed by atoms with E-state index in [9.17, 15) is 19.8 Å². The van der Waals surface area contributed by atoms with Crippen LogP contribution < -0.4 is 10.2 Å². The van der Waals surface area contributed by atoms with Gasteiger partial charge < -0.3 is 19.8 Å². The molecule has 0 aromatic heterocycles. The Morgan fingerprint density at radius 3 is 1.50 bits per heavy atom. The average molecular weight is 222 g/mol. The quantitative estimate of drug-likeness (QED) is 0.418. The molecule has 74 valence electrons. The molecule has 0 radical (unpaired) electrons. The monoisotopic (exact) mass is 221 g/mol. The predicted molar refractivity (Wildman–Crippen MR) is 35.1 cm³/mol. The van der Waals surface area contributed by atoms with Gasteiger partial charge in [-0.1, -0.05) is 13.5 Å². The molecule has 0 amide bonds. The second kappa shape index (κ2) is 10.2.